The van der Waals surface area contributed by atoms with Crippen LogP contribution in [0.2, 0.25) is 0 Å². The van der Waals surface area contributed by atoms with Gasteiger partial charge in [-0.3, -0.25) is 0 Å². The first kappa shape index (κ1) is 14.3. The Labute approximate surface area is 114 Å². The lowest BCUT2D eigenvalue weighted by Crippen LogP contribution is -2.34. The van der Waals surface area contributed by atoms with Gasteiger partial charge in [-0.2, -0.15) is 0 Å². The third-order valence-electron chi connectivity index (χ3n) is 4.80. The van der Waals surface area contributed by atoms with Crippen LogP contribution in [0.4, 0.5) is 0 Å². The summed E-state index contributed by atoms with van der Waals surface area (Å²) in [6, 6.07) is 0.832. The van der Waals surface area contributed by atoms with E-state index < -0.39 is 0 Å². The number of nitrogens with zero attached hydrogens (tertiary/aromatic N) is 1. The maximum absolute atomic E-state index is 3.74. The van der Waals surface area contributed by atoms with Crippen molar-refractivity contribution in [1.82, 2.24) is 10.2 Å². The van der Waals surface area contributed by atoms with Crippen LogP contribution in [0, 0.1) is 5.92 Å². The highest BCUT2D eigenvalue weighted by Crippen LogP contribution is 2.25. The summed E-state index contributed by atoms with van der Waals surface area (Å²) in [7, 11) is 2.30. The van der Waals surface area contributed by atoms with E-state index in [9.17, 15) is 0 Å². The Bertz CT molecular complexity index is 205. The maximum atomic E-state index is 3.74. The average Bonchev–Trinajstić information content (AvgIpc) is 2.89. The van der Waals surface area contributed by atoms with Gasteiger partial charge in [0, 0.05) is 12.6 Å². The van der Waals surface area contributed by atoms with E-state index in [0.29, 0.717) is 0 Å². The molecule has 0 aliphatic heterocycles. The highest BCUT2D eigenvalue weighted by molar-refractivity contribution is 4.73. The molecule has 1 N–H and O–H groups in total. The summed E-state index contributed by atoms with van der Waals surface area (Å²) in [5, 5.41) is 3.74. The van der Waals surface area contributed by atoms with Gasteiger partial charge in [0.15, 0.2) is 0 Å². The van der Waals surface area contributed by atoms with Crippen LogP contribution >= 0.6 is 0 Å². The van der Waals surface area contributed by atoms with E-state index in [0.717, 1.165) is 12.0 Å². The van der Waals surface area contributed by atoms with Crippen molar-refractivity contribution in [2.75, 3.05) is 26.7 Å². The van der Waals surface area contributed by atoms with Gasteiger partial charge in [-0.25, -0.2) is 0 Å². The fraction of sp³-hybridized carbons (Fsp3) is 1.00. The highest BCUT2D eigenvalue weighted by atomic mass is 15.1. The summed E-state index contributed by atoms with van der Waals surface area (Å²) in [5.41, 5.74) is 0. The van der Waals surface area contributed by atoms with Crippen LogP contribution in [-0.4, -0.2) is 37.6 Å². The van der Waals surface area contributed by atoms with Crippen molar-refractivity contribution in [3.8, 4) is 0 Å². The van der Waals surface area contributed by atoms with Crippen molar-refractivity contribution < 1.29 is 0 Å². The van der Waals surface area contributed by atoms with Gasteiger partial charge in [0.2, 0.25) is 0 Å². The third-order valence-corrected chi connectivity index (χ3v) is 4.80. The van der Waals surface area contributed by atoms with Crippen LogP contribution in [-0.2, 0) is 0 Å². The molecule has 0 aromatic heterocycles. The maximum Gasteiger partial charge on any atom is 0.00670 e. The van der Waals surface area contributed by atoms with E-state index in [1.807, 2.05) is 0 Å². The Morgan fingerprint density at radius 2 is 1.61 bits per heavy atom. The Kier molecular flexibility index (Phi) is 6.50. The molecule has 106 valence electrons. The quantitative estimate of drug-likeness (QED) is 0.698. The van der Waals surface area contributed by atoms with Crippen molar-refractivity contribution in [1.29, 1.82) is 0 Å². The van der Waals surface area contributed by atoms with Crippen molar-refractivity contribution in [3.63, 3.8) is 0 Å². The van der Waals surface area contributed by atoms with Crippen LogP contribution in [0.15, 0.2) is 0 Å². The van der Waals surface area contributed by atoms with Gasteiger partial charge < -0.3 is 10.2 Å². The van der Waals surface area contributed by atoms with Gasteiger partial charge in [0.05, 0.1) is 0 Å². The van der Waals surface area contributed by atoms with Gasteiger partial charge in [0.1, 0.15) is 0 Å². The first-order chi connectivity index (χ1) is 8.84. The van der Waals surface area contributed by atoms with Gasteiger partial charge in [-0.05, 0) is 58.2 Å². The predicted molar refractivity (Wildman–Crippen MR) is 78.9 cm³/mol. The molecule has 2 nitrogen and oxygen atoms in total. The van der Waals surface area contributed by atoms with Crippen molar-refractivity contribution >= 4 is 0 Å². The zero-order valence-electron chi connectivity index (χ0n) is 12.3. The zero-order valence-corrected chi connectivity index (χ0v) is 12.3. The van der Waals surface area contributed by atoms with Crippen molar-refractivity contribution in [3.05, 3.63) is 0 Å². The fourth-order valence-corrected chi connectivity index (χ4v) is 3.69. The lowest BCUT2D eigenvalue weighted by Gasteiger charge is -2.24. The molecule has 18 heavy (non-hydrogen) atoms. The summed E-state index contributed by atoms with van der Waals surface area (Å²) < 4.78 is 0. The minimum atomic E-state index is 0.832. The number of nitrogens with one attached hydrogen (secondary N) is 1. The van der Waals surface area contributed by atoms with E-state index in [1.165, 1.54) is 83.8 Å². The smallest absolute Gasteiger partial charge is 0.00670 e. The number of rotatable bonds is 7. The Morgan fingerprint density at radius 3 is 2.33 bits per heavy atom. The van der Waals surface area contributed by atoms with E-state index in [4.69, 9.17) is 0 Å². The van der Waals surface area contributed by atoms with Crippen LogP contribution in [0.5, 0.6) is 0 Å². The van der Waals surface area contributed by atoms with E-state index >= 15 is 0 Å². The molecule has 0 spiro atoms. The Hall–Kier alpha value is -0.0800. The van der Waals surface area contributed by atoms with Gasteiger partial charge >= 0.3 is 0 Å². The molecule has 2 aliphatic rings. The molecule has 2 aliphatic carbocycles. The number of hydrogen-bond donors (Lipinski definition) is 1. The molecule has 0 bridgehead atoms. The van der Waals surface area contributed by atoms with E-state index in [1.54, 1.807) is 0 Å². The molecule has 2 saturated carbocycles. The molecule has 0 saturated heterocycles. The van der Waals surface area contributed by atoms with Crippen LogP contribution in [0.3, 0.4) is 0 Å². The number of hydrogen-bond acceptors (Lipinski definition) is 2. The molecule has 2 fully saturated rings. The summed E-state index contributed by atoms with van der Waals surface area (Å²) in [6.07, 6.45) is 14.4. The third kappa shape index (κ3) is 5.27. The average molecular weight is 252 g/mol. The van der Waals surface area contributed by atoms with Crippen LogP contribution in [0.25, 0.3) is 0 Å². The molecule has 0 aromatic carbocycles. The Morgan fingerprint density at radius 1 is 0.944 bits per heavy atom. The molecule has 0 aromatic rings. The Balaban J connectivity index is 1.46. The topological polar surface area (TPSA) is 15.3 Å². The second-order valence-electron chi connectivity index (χ2n) is 6.56. The van der Waals surface area contributed by atoms with E-state index in [-0.39, 0.29) is 0 Å². The first-order valence-electron chi connectivity index (χ1n) is 8.26. The molecule has 2 rings (SSSR count). The SMILES string of the molecule is CN(CCCNC1CCCCC1)CC1CCCC1. The summed E-state index contributed by atoms with van der Waals surface area (Å²) in [4.78, 5) is 2.55. The fourth-order valence-electron chi connectivity index (χ4n) is 3.69. The minimum absolute atomic E-state index is 0.832. The molecule has 2 heteroatoms. The highest BCUT2D eigenvalue weighted by Gasteiger charge is 2.16. The van der Waals surface area contributed by atoms with Gasteiger partial charge in [-0.15, -0.1) is 0 Å². The van der Waals surface area contributed by atoms with Crippen LogP contribution in [0.1, 0.15) is 64.2 Å². The molecular formula is C16H32N2. The minimum Gasteiger partial charge on any atom is -0.314 e. The summed E-state index contributed by atoms with van der Waals surface area (Å²) in [6.45, 7) is 3.83. The normalized spacial score (nSPS) is 23.0. The van der Waals surface area contributed by atoms with Crippen molar-refractivity contribution in [2.24, 2.45) is 5.92 Å². The predicted octanol–water partition coefficient (Wildman–Crippen LogP) is 3.42. The second kappa shape index (κ2) is 8.16. The summed E-state index contributed by atoms with van der Waals surface area (Å²) in [5.74, 6) is 1.00. The molecule has 0 unspecified atom stereocenters. The van der Waals surface area contributed by atoms with Crippen LogP contribution < -0.4 is 5.32 Å². The molecule has 0 atom stereocenters. The first-order valence-corrected chi connectivity index (χ1v) is 8.26. The second-order valence-corrected chi connectivity index (χ2v) is 6.56. The van der Waals surface area contributed by atoms with E-state index in [2.05, 4.69) is 17.3 Å². The van der Waals surface area contributed by atoms with Gasteiger partial charge in [0.25, 0.3) is 0 Å². The molecule has 0 amide bonds. The largest absolute Gasteiger partial charge is 0.314 e. The zero-order chi connectivity index (χ0) is 12.6. The standard InChI is InChI=1S/C16H32N2/c1-18(14-15-8-5-6-9-15)13-7-12-17-16-10-3-2-4-11-16/h15-17H,2-14H2,1H3. The van der Waals surface area contributed by atoms with Crippen molar-refractivity contribution in [2.45, 2.75) is 70.3 Å². The lowest BCUT2D eigenvalue weighted by atomic mass is 9.95. The summed E-state index contributed by atoms with van der Waals surface area (Å²) >= 11 is 0. The lowest BCUT2D eigenvalue weighted by molar-refractivity contribution is 0.269. The molecular weight excluding hydrogens is 220 g/mol. The monoisotopic (exact) mass is 252 g/mol. The van der Waals surface area contributed by atoms with Gasteiger partial charge in [-0.1, -0.05) is 32.1 Å². The molecule has 0 heterocycles. The molecule has 0 radical (unpaired) electrons.